The van der Waals surface area contributed by atoms with Crippen LogP contribution < -0.4 is 5.32 Å². The molecule has 0 aliphatic carbocycles. The Kier molecular flexibility index (Phi) is 6.74. The molecule has 0 saturated carbocycles. The monoisotopic (exact) mass is 298 g/mol. The maximum atomic E-state index is 10.4. The first-order chi connectivity index (χ1) is 10.1. The van der Waals surface area contributed by atoms with Crippen molar-refractivity contribution in [3.63, 3.8) is 0 Å². The van der Waals surface area contributed by atoms with Gasteiger partial charge in [0.15, 0.2) is 0 Å². The summed E-state index contributed by atoms with van der Waals surface area (Å²) in [6.45, 7) is 1.14. The van der Waals surface area contributed by atoms with E-state index in [1.807, 2.05) is 0 Å². The largest absolute Gasteiger partial charge is 0.490 e. The van der Waals surface area contributed by atoms with Gasteiger partial charge >= 0.3 is 0 Å². The average Bonchev–Trinajstić information content (AvgIpc) is 2.47. The highest BCUT2D eigenvalue weighted by Crippen LogP contribution is 2.25. The molecule has 0 spiro atoms. The Hall–Kier alpha value is -2.02. The van der Waals surface area contributed by atoms with Crippen LogP contribution in [0.5, 0.6) is 0 Å². The van der Waals surface area contributed by atoms with Gasteiger partial charge in [0.25, 0.3) is 0 Å². The van der Waals surface area contributed by atoms with Crippen LogP contribution in [0.3, 0.4) is 0 Å². The molecule has 1 rings (SSSR count). The Labute approximate surface area is 121 Å². The zero-order chi connectivity index (χ0) is 15.8. The van der Waals surface area contributed by atoms with Gasteiger partial charge in [0.05, 0.1) is 30.6 Å². The van der Waals surface area contributed by atoms with Crippen LogP contribution >= 0.6 is 0 Å². The minimum absolute atomic E-state index is 0.484. The van der Waals surface area contributed by atoms with Gasteiger partial charge in [0.1, 0.15) is 24.3 Å². The first kappa shape index (κ1) is 17.0. The molecule has 0 bridgehead atoms. The minimum Gasteiger partial charge on any atom is -0.490 e. The van der Waals surface area contributed by atoms with Crippen molar-refractivity contribution in [2.75, 3.05) is 13.7 Å². The number of hydrogen-bond acceptors (Lipinski definition) is 7. The Bertz CT molecular complexity index is 470. The second-order valence-corrected chi connectivity index (χ2v) is 4.46. The van der Waals surface area contributed by atoms with Gasteiger partial charge in [-0.15, -0.1) is 0 Å². The molecule has 116 valence electrons. The molecule has 9 nitrogen and oxygen atoms in total. The Morgan fingerprint density at radius 1 is 1.76 bits per heavy atom. The van der Waals surface area contributed by atoms with Crippen LogP contribution in [0.2, 0.25) is 0 Å². The molecule has 1 heterocycles. The van der Waals surface area contributed by atoms with Crippen molar-refractivity contribution in [2.45, 2.75) is 37.3 Å². The quantitative estimate of drug-likeness (QED) is 0.254. The SMILES string of the molecule is COC(C(O)CO)[C@@H]1OC(C)=CC(N=[N+]=[N-])C1NC=C=O. The molecule has 0 fully saturated rings. The third-order valence-corrected chi connectivity index (χ3v) is 3.13. The van der Waals surface area contributed by atoms with Crippen molar-refractivity contribution in [2.24, 2.45) is 5.11 Å². The van der Waals surface area contributed by atoms with Crippen LogP contribution in [-0.2, 0) is 14.3 Å². The number of ether oxygens (including phenoxy) is 2. The molecule has 4 unspecified atom stereocenters. The fourth-order valence-corrected chi connectivity index (χ4v) is 2.24. The van der Waals surface area contributed by atoms with Crippen molar-refractivity contribution in [1.29, 1.82) is 0 Å². The first-order valence-electron chi connectivity index (χ1n) is 6.25. The molecule has 3 N–H and O–H groups in total. The lowest BCUT2D eigenvalue weighted by Gasteiger charge is -2.39. The van der Waals surface area contributed by atoms with E-state index >= 15 is 0 Å². The predicted octanol–water partition coefficient (Wildman–Crippen LogP) is -0.360. The molecule has 0 aromatic heterocycles. The molecule has 21 heavy (non-hydrogen) atoms. The maximum absolute atomic E-state index is 10.4. The van der Waals surface area contributed by atoms with Gasteiger partial charge < -0.3 is 25.0 Å². The normalized spacial score (nSPS) is 27.2. The Morgan fingerprint density at radius 2 is 2.48 bits per heavy atom. The highest BCUT2D eigenvalue weighted by atomic mass is 16.5. The summed E-state index contributed by atoms with van der Waals surface area (Å²) in [6, 6.07) is -1.31. The number of hydrogen-bond donors (Lipinski definition) is 3. The maximum Gasteiger partial charge on any atom is 0.147 e. The van der Waals surface area contributed by atoms with Gasteiger partial charge in [-0.3, -0.25) is 0 Å². The van der Waals surface area contributed by atoms with E-state index < -0.39 is 37.0 Å². The van der Waals surface area contributed by atoms with E-state index in [2.05, 4.69) is 15.3 Å². The number of azide groups is 1. The van der Waals surface area contributed by atoms with E-state index in [4.69, 9.17) is 20.1 Å². The molecule has 0 amide bonds. The summed E-state index contributed by atoms with van der Waals surface area (Å²) in [5.74, 6) is 2.04. The Balaban J connectivity index is 3.14. The summed E-state index contributed by atoms with van der Waals surface area (Å²) < 4.78 is 10.8. The summed E-state index contributed by atoms with van der Waals surface area (Å²) in [5.41, 5.74) is 8.64. The molecule has 1 aliphatic heterocycles. The van der Waals surface area contributed by atoms with Crippen molar-refractivity contribution < 1.29 is 24.5 Å². The third-order valence-electron chi connectivity index (χ3n) is 3.13. The van der Waals surface area contributed by atoms with Gasteiger partial charge in [-0.05, 0) is 18.5 Å². The number of allylic oxidation sites excluding steroid dienone is 1. The standard InChI is InChI=1S/C12H18N4O5/c1-7-5-8(15-16-13)10(14-3-4-17)12(21-7)11(20-2)9(19)6-18/h3,5,8-12,14,18-19H,6H2,1-2H3/t8?,9?,10?,11?,12-/m1/s1. The minimum atomic E-state index is -1.19. The lowest BCUT2D eigenvalue weighted by atomic mass is 9.92. The van der Waals surface area contributed by atoms with Crippen LogP contribution in [0.25, 0.3) is 10.4 Å². The van der Waals surface area contributed by atoms with Gasteiger partial charge in [0.2, 0.25) is 0 Å². The number of aliphatic hydroxyl groups excluding tert-OH is 2. The number of nitrogens with zero attached hydrogens (tertiary/aromatic N) is 3. The molecule has 5 atom stereocenters. The topological polar surface area (TPSA) is 137 Å². The zero-order valence-corrected chi connectivity index (χ0v) is 11.7. The summed E-state index contributed by atoms with van der Waals surface area (Å²) in [6.07, 6.45) is -0.241. The molecule has 0 saturated heterocycles. The second-order valence-electron chi connectivity index (χ2n) is 4.46. The van der Waals surface area contributed by atoms with Crippen LogP contribution in [0.15, 0.2) is 23.1 Å². The Morgan fingerprint density at radius 3 is 3.00 bits per heavy atom. The molecule has 0 aromatic rings. The number of rotatable bonds is 7. The van der Waals surface area contributed by atoms with E-state index in [0.717, 1.165) is 6.20 Å². The molecular weight excluding hydrogens is 280 g/mol. The molecule has 0 aromatic carbocycles. The molecular formula is C12H18N4O5. The lowest BCUT2D eigenvalue weighted by Crippen LogP contribution is -2.57. The van der Waals surface area contributed by atoms with Crippen molar-refractivity contribution in [3.05, 3.63) is 28.5 Å². The predicted molar refractivity (Wildman–Crippen MR) is 72.6 cm³/mol. The summed E-state index contributed by atoms with van der Waals surface area (Å²) in [5, 5.41) is 25.3. The number of aliphatic hydroxyl groups is 2. The van der Waals surface area contributed by atoms with Crippen LogP contribution in [0.4, 0.5) is 0 Å². The van der Waals surface area contributed by atoms with E-state index in [1.54, 1.807) is 18.9 Å². The fourth-order valence-electron chi connectivity index (χ4n) is 2.24. The summed E-state index contributed by atoms with van der Waals surface area (Å²) in [7, 11) is 1.36. The number of methoxy groups -OCH3 is 1. The van der Waals surface area contributed by atoms with Crippen LogP contribution in [-0.4, -0.2) is 60.3 Å². The second kappa shape index (κ2) is 8.31. The van der Waals surface area contributed by atoms with Crippen molar-refractivity contribution in [3.8, 4) is 0 Å². The molecule has 0 radical (unpaired) electrons. The van der Waals surface area contributed by atoms with E-state index in [0.29, 0.717) is 5.76 Å². The highest BCUT2D eigenvalue weighted by Gasteiger charge is 2.41. The summed E-state index contributed by atoms with van der Waals surface area (Å²) in [4.78, 5) is 13.1. The van der Waals surface area contributed by atoms with E-state index in [9.17, 15) is 9.90 Å². The number of carbonyl (C=O) groups excluding carboxylic acids is 1. The van der Waals surface area contributed by atoms with Crippen LogP contribution in [0, 0.1) is 0 Å². The zero-order valence-electron chi connectivity index (χ0n) is 11.7. The molecule has 1 aliphatic rings. The average molecular weight is 298 g/mol. The van der Waals surface area contributed by atoms with Crippen LogP contribution in [0.1, 0.15) is 6.92 Å². The van der Waals surface area contributed by atoms with E-state index in [1.165, 1.54) is 7.11 Å². The van der Waals surface area contributed by atoms with Gasteiger partial charge in [-0.1, -0.05) is 5.11 Å². The third kappa shape index (κ3) is 4.22. The highest BCUT2D eigenvalue weighted by molar-refractivity contribution is 5.44. The van der Waals surface area contributed by atoms with Gasteiger partial charge in [-0.25, -0.2) is 4.79 Å². The lowest BCUT2D eigenvalue weighted by molar-refractivity contribution is -0.118. The molecule has 9 heteroatoms. The van der Waals surface area contributed by atoms with E-state index in [-0.39, 0.29) is 0 Å². The smallest absolute Gasteiger partial charge is 0.147 e. The fraction of sp³-hybridized carbons (Fsp3) is 0.667. The van der Waals surface area contributed by atoms with Crippen molar-refractivity contribution >= 4 is 5.94 Å². The summed E-state index contributed by atoms with van der Waals surface area (Å²) >= 11 is 0. The van der Waals surface area contributed by atoms with Gasteiger partial charge in [-0.2, -0.15) is 0 Å². The van der Waals surface area contributed by atoms with Gasteiger partial charge in [0, 0.05) is 12.0 Å². The number of nitrogens with one attached hydrogen (secondary N) is 1. The van der Waals surface area contributed by atoms with Crippen molar-refractivity contribution in [1.82, 2.24) is 5.32 Å². The first-order valence-corrected chi connectivity index (χ1v) is 6.25.